The highest BCUT2D eigenvalue weighted by Gasteiger charge is 2.25. The predicted octanol–water partition coefficient (Wildman–Crippen LogP) is 4.82. The fraction of sp³-hybridized carbons (Fsp3) is 0.263. The number of aromatic nitrogens is 1. The smallest absolute Gasteiger partial charge is 0.0519 e. The number of hydrogen-bond donors (Lipinski definition) is 1. The van der Waals surface area contributed by atoms with Crippen molar-refractivity contribution in [2.45, 2.75) is 25.9 Å². The lowest BCUT2D eigenvalue weighted by molar-refractivity contribution is 0.604. The van der Waals surface area contributed by atoms with Gasteiger partial charge >= 0.3 is 0 Å². The van der Waals surface area contributed by atoms with Crippen molar-refractivity contribution in [3.8, 4) is 11.1 Å². The third kappa shape index (κ3) is 1.99. The molecule has 3 heterocycles. The lowest BCUT2D eigenvalue weighted by Gasteiger charge is -2.16. The van der Waals surface area contributed by atoms with Crippen LogP contribution >= 0.6 is 23.2 Å². The number of fused-ring (bicyclic) bond motifs is 3. The van der Waals surface area contributed by atoms with E-state index in [1.165, 1.54) is 33.3 Å². The second-order valence-corrected chi connectivity index (χ2v) is 7.25. The van der Waals surface area contributed by atoms with Gasteiger partial charge in [0.1, 0.15) is 0 Å². The Bertz CT molecular complexity index is 956. The molecule has 5 rings (SSSR count). The number of rotatable bonds is 1. The molecule has 2 aliphatic rings. The van der Waals surface area contributed by atoms with Gasteiger partial charge in [0, 0.05) is 52.7 Å². The molecule has 0 bridgehead atoms. The third-order valence-electron chi connectivity index (χ3n) is 5.15. The Labute approximate surface area is 145 Å². The summed E-state index contributed by atoms with van der Waals surface area (Å²) in [5.41, 5.74) is 8.13. The first kappa shape index (κ1) is 13.9. The Morgan fingerprint density at radius 1 is 1.04 bits per heavy atom. The van der Waals surface area contributed by atoms with E-state index in [-0.39, 0.29) is 0 Å². The molecule has 2 aliphatic heterocycles. The molecule has 2 nitrogen and oxygen atoms in total. The summed E-state index contributed by atoms with van der Waals surface area (Å²) in [5, 5.41) is 6.30. The average molecular weight is 343 g/mol. The number of benzene rings is 2. The molecule has 0 amide bonds. The molecule has 0 saturated carbocycles. The van der Waals surface area contributed by atoms with Crippen LogP contribution in [0.5, 0.6) is 0 Å². The number of halogens is 2. The maximum atomic E-state index is 6.44. The van der Waals surface area contributed by atoms with E-state index in [4.69, 9.17) is 23.2 Å². The Morgan fingerprint density at radius 3 is 2.83 bits per heavy atom. The molecule has 0 atom stereocenters. The molecule has 4 heteroatoms. The lowest BCUT2D eigenvalue weighted by Crippen LogP contribution is -2.24. The topological polar surface area (TPSA) is 17.0 Å². The summed E-state index contributed by atoms with van der Waals surface area (Å²) in [4.78, 5) is 0. The Kier molecular flexibility index (Phi) is 3.03. The number of hydrogen-bond acceptors (Lipinski definition) is 1. The first-order valence-corrected chi connectivity index (χ1v) is 8.81. The largest absolute Gasteiger partial charge is 0.344 e. The van der Waals surface area contributed by atoms with E-state index in [1.807, 2.05) is 18.2 Å². The van der Waals surface area contributed by atoms with Gasteiger partial charge in [-0.1, -0.05) is 29.3 Å². The van der Waals surface area contributed by atoms with Gasteiger partial charge in [-0.15, -0.1) is 0 Å². The highest BCUT2D eigenvalue weighted by Crippen LogP contribution is 2.40. The SMILES string of the molecule is Clc1ccc(-c2cc3c4c(c2)c2c(n4CC3)CCNC2)c(Cl)c1. The summed E-state index contributed by atoms with van der Waals surface area (Å²) in [5.74, 6) is 0. The van der Waals surface area contributed by atoms with E-state index in [0.29, 0.717) is 10.0 Å². The molecule has 0 radical (unpaired) electrons. The fourth-order valence-electron chi connectivity index (χ4n) is 4.15. The third-order valence-corrected chi connectivity index (χ3v) is 5.69. The summed E-state index contributed by atoms with van der Waals surface area (Å²) >= 11 is 12.5. The molecule has 0 spiro atoms. The lowest BCUT2D eigenvalue weighted by atomic mass is 9.97. The number of aryl methyl sites for hydroxylation is 2. The van der Waals surface area contributed by atoms with Crippen molar-refractivity contribution in [2.24, 2.45) is 0 Å². The van der Waals surface area contributed by atoms with Crippen LogP contribution in [-0.2, 0) is 25.9 Å². The Hall–Kier alpha value is -1.48. The van der Waals surface area contributed by atoms with E-state index in [2.05, 4.69) is 22.0 Å². The van der Waals surface area contributed by atoms with Crippen LogP contribution < -0.4 is 5.32 Å². The summed E-state index contributed by atoms with van der Waals surface area (Å²) < 4.78 is 2.54. The van der Waals surface area contributed by atoms with Crippen molar-refractivity contribution in [3.05, 3.63) is 57.2 Å². The summed E-state index contributed by atoms with van der Waals surface area (Å²) in [6.45, 7) is 3.16. The van der Waals surface area contributed by atoms with E-state index < -0.39 is 0 Å². The van der Waals surface area contributed by atoms with Crippen molar-refractivity contribution < 1.29 is 0 Å². The first-order chi connectivity index (χ1) is 11.2. The zero-order valence-corrected chi connectivity index (χ0v) is 14.1. The quantitative estimate of drug-likeness (QED) is 0.671. The van der Waals surface area contributed by atoms with Gasteiger partial charge in [-0.25, -0.2) is 0 Å². The highest BCUT2D eigenvalue weighted by atomic mass is 35.5. The summed E-state index contributed by atoms with van der Waals surface area (Å²) in [6, 6.07) is 10.4. The normalized spacial score (nSPS) is 16.1. The van der Waals surface area contributed by atoms with Gasteiger partial charge in [-0.2, -0.15) is 0 Å². The average Bonchev–Trinajstić information content (AvgIpc) is 3.11. The Morgan fingerprint density at radius 2 is 1.96 bits per heavy atom. The van der Waals surface area contributed by atoms with Crippen LogP contribution in [0.3, 0.4) is 0 Å². The van der Waals surface area contributed by atoms with Gasteiger partial charge in [0.25, 0.3) is 0 Å². The Balaban J connectivity index is 1.80. The van der Waals surface area contributed by atoms with Crippen LogP contribution in [0.4, 0.5) is 0 Å². The van der Waals surface area contributed by atoms with Crippen LogP contribution in [-0.4, -0.2) is 11.1 Å². The van der Waals surface area contributed by atoms with E-state index in [9.17, 15) is 0 Å². The summed E-state index contributed by atoms with van der Waals surface area (Å²) in [6.07, 6.45) is 2.24. The number of nitrogens with one attached hydrogen (secondary N) is 1. The van der Waals surface area contributed by atoms with Gasteiger partial charge in [-0.3, -0.25) is 0 Å². The molecule has 0 unspecified atom stereocenters. The minimum Gasteiger partial charge on any atom is -0.344 e. The first-order valence-electron chi connectivity index (χ1n) is 8.05. The maximum absolute atomic E-state index is 6.44. The van der Waals surface area contributed by atoms with Crippen molar-refractivity contribution in [3.63, 3.8) is 0 Å². The molecule has 23 heavy (non-hydrogen) atoms. The molecule has 116 valence electrons. The van der Waals surface area contributed by atoms with Gasteiger partial charge < -0.3 is 9.88 Å². The molecule has 0 saturated heterocycles. The molecule has 0 fully saturated rings. The second-order valence-electron chi connectivity index (χ2n) is 6.41. The van der Waals surface area contributed by atoms with E-state index in [1.54, 1.807) is 0 Å². The molecule has 2 aromatic carbocycles. The van der Waals surface area contributed by atoms with Gasteiger partial charge in [0.05, 0.1) is 5.52 Å². The van der Waals surface area contributed by atoms with Crippen molar-refractivity contribution >= 4 is 34.1 Å². The van der Waals surface area contributed by atoms with Crippen molar-refractivity contribution in [1.82, 2.24) is 9.88 Å². The van der Waals surface area contributed by atoms with Crippen LogP contribution in [0.1, 0.15) is 16.8 Å². The molecule has 1 N–H and O–H groups in total. The molecule has 3 aromatic rings. The van der Waals surface area contributed by atoms with E-state index >= 15 is 0 Å². The van der Waals surface area contributed by atoms with E-state index in [0.717, 1.165) is 38.0 Å². The second kappa shape index (κ2) is 5.01. The van der Waals surface area contributed by atoms with Crippen molar-refractivity contribution in [2.75, 3.05) is 6.54 Å². The molecule has 0 aliphatic carbocycles. The zero-order valence-electron chi connectivity index (χ0n) is 12.6. The minimum atomic E-state index is 0.678. The van der Waals surface area contributed by atoms with Gasteiger partial charge in [-0.05, 0) is 47.4 Å². The zero-order chi connectivity index (χ0) is 15.6. The monoisotopic (exact) mass is 342 g/mol. The van der Waals surface area contributed by atoms with Crippen LogP contribution in [0.25, 0.3) is 22.0 Å². The summed E-state index contributed by atoms with van der Waals surface area (Å²) in [7, 11) is 0. The van der Waals surface area contributed by atoms with Crippen LogP contribution in [0.15, 0.2) is 30.3 Å². The fourth-order valence-corrected chi connectivity index (χ4v) is 4.67. The van der Waals surface area contributed by atoms with Gasteiger partial charge in [0.2, 0.25) is 0 Å². The van der Waals surface area contributed by atoms with Gasteiger partial charge in [0.15, 0.2) is 0 Å². The minimum absolute atomic E-state index is 0.678. The standard InChI is InChI=1S/C19H16Cl2N2/c20-13-1-2-14(17(21)9-13)12-7-11-4-6-23-18-3-5-22-10-16(18)15(8-12)19(11)23/h1-2,7-9,22H,3-6,10H2. The predicted molar refractivity (Wildman–Crippen MR) is 96.5 cm³/mol. The molecule has 1 aromatic heterocycles. The molecular weight excluding hydrogens is 327 g/mol. The molecular formula is C19H16Cl2N2. The number of nitrogens with zero attached hydrogens (tertiary/aromatic N) is 1. The van der Waals surface area contributed by atoms with Crippen LogP contribution in [0, 0.1) is 0 Å². The highest BCUT2D eigenvalue weighted by molar-refractivity contribution is 6.36. The maximum Gasteiger partial charge on any atom is 0.0519 e. The van der Waals surface area contributed by atoms with Crippen molar-refractivity contribution in [1.29, 1.82) is 0 Å². The van der Waals surface area contributed by atoms with Crippen LogP contribution in [0.2, 0.25) is 10.0 Å².